The minimum Gasteiger partial charge on any atom is -0.272 e. The highest BCUT2D eigenvalue weighted by Gasteiger charge is 2.10. The molecule has 0 saturated heterocycles. The van der Waals surface area contributed by atoms with Crippen molar-refractivity contribution in [1.29, 1.82) is 0 Å². The average Bonchev–Trinajstić information content (AvgIpc) is 3.08. The molecule has 0 spiro atoms. The van der Waals surface area contributed by atoms with Crippen LogP contribution >= 0.6 is 0 Å². The van der Waals surface area contributed by atoms with E-state index in [-0.39, 0.29) is 5.91 Å². The van der Waals surface area contributed by atoms with Gasteiger partial charge in [0.1, 0.15) is 5.69 Å². The van der Waals surface area contributed by atoms with Crippen molar-refractivity contribution < 1.29 is 4.79 Å². The number of nitrogens with one attached hydrogen (secondary N) is 2. The first kappa shape index (κ1) is 15.6. The molecule has 3 aromatic rings. The minimum atomic E-state index is -0.357. The number of rotatable bonds is 4. The van der Waals surface area contributed by atoms with E-state index in [9.17, 15) is 4.79 Å². The predicted octanol–water partition coefficient (Wildman–Crippen LogP) is 2.85. The number of aromatic amines is 1. The van der Waals surface area contributed by atoms with Gasteiger partial charge in [-0.25, -0.2) is 5.43 Å². The summed E-state index contributed by atoms with van der Waals surface area (Å²) >= 11 is 0. The highest BCUT2D eigenvalue weighted by atomic mass is 16.2. The molecule has 6 heteroatoms. The maximum absolute atomic E-state index is 12.1. The number of pyridine rings is 1. The largest absolute Gasteiger partial charge is 0.289 e. The summed E-state index contributed by atoms with van der Waals surface area (Å²) in [5.74, 6) is -0.357. The van der Waals surface area contributed by atoms with Crippen LogP contribution in [-0.2, 0) is 0 Å². The van der Waals surface area contributed by atoms with Crippen molar-refractivity contribution in [3.8, 4) is 11.3 Å². The summed E-state index contributed by atoms with van der Waals surface area (Å²) in [5, 5.41) is 10.8. The number of carbonyl (C=O) groups excluding carboxylic acids is 1. The maximum Gasteiger partial charge on any atom is 0.289 e. The Morgan fingerprint density at radius 1 is 1.17 bits per heavy atom. The number of hydrogen-bond donors (Lipinski definition) is 2. The Labute approximate surface area is 139 Å². The van der Waals surface area contributed by atoms with E-state index in [0.29, 0.717) is 11.4 Å². The molecule has 6 nitrogen and oxygen atoms in total. The van der Waals surface area contributed by atoms with E-state index in [2.05, 4.69) is 32.6 Å². The van der Waals surface area contributed by atoms with Crippen molar-refractivity contribution in [2.24, 2.45) is 5.10 Å². The summed E-state index contributed by atoms with van der Waals surface area (Å²) in [6.45, 7) is 4.10. The van der Waals surface area contributed by atoms with Crippen LogP contribution in [0, 0.1) is 13.8 Å². The van der Waals surface area contributed by atoms with Gasteiger partial charge in [0, 0.05) is 11.8 Å². The third-order valence-electron chi connectivity index (χ3n) is 3.68. The summed E-state index contributed by atoms with van der Waals surface area (Å²) in [5.41, 5.74) is 7.55. The quantitative estimate of drug-likeness (QED) is 0.573. The number of hydrazone groups is 1. The topological polar surface area (TPSA) is 83.0 Å². The van der Waals surface area contributed by atoms with Crippen LogP contribution in [0.15, 0.2) is 53.8 Å². The van der Waals surface area contributed by atoms with Crippen molar-refractivity contribution in [3.05, 3.63) is 71.2 Å². The van der Waals surface area contributed by atoms with Crippen LogP contribution in [0.4, 0.5) is 0 Å². The lowest BCUT2D eigenvalue weighted by molar-refractivity contribution is 0.0950. The Kier molecular flexibility index (Phi) is 4.47. The van der Waals surface area contributed by atoms with Crippen LogP contribution in [0.25, 0.3) is 11.3 Å². The van der Waals surface area contributed by atoms with Gasteiger partial charge in [-0.2, -0.15) is 10.2 Å². The van der Waals surface area contributed by atoms with Crippen molar-refractivity contribution >= 4 is 12.1 Å². The second kappa shape index (κ2) is 6.87. The normalized spacial score (nSPS) is 10.9. The molecule has 0 fully saturated rings. The second-order valence-electron chi connectivity index (χ2n) is 5.42. The maximum atomic E-state index is 12.1. The number of benzene rings is 1. The summed E-state index contributed by atoms with van der Waals surface area (Å²) < 4.78 is 0. The van der Waals surface area contributed by atoms with Gasteiger partial charge in [0.15, 0.2) is 0 Å². The van der Waals surface area contributed by atoms with Gasteiger partial charge in [0.05, 0.1) is 17.6 Å². The second-order valence-corrected chi connectivity index (χ2v) is 5.42. The fourth-order valence-corrected chi connectivity index (χ4v) is 2.16. The number of nitrogens with zero attached hydrogens (tertiary/aromatic N) is 3. The van der Waals surface area contributed by atoms with Crippen LogP contribution in [-0.4, -0.2) is 27.3 Å². The van der Waals surface area contributed by atoms with Gasteiger partial charge in [-0.15, -0.1) is 0 Å². The minimum absolute atomic E-state index is 0.349. The van der Waals surface area contributed by atoms with Crippen molar-refractivity contribution in [1.82, 2.24) is 20.6 Å². The predicted molar refractivity (Wildman–Crippen MR) is 92.8 cm³/mol. The van der Waals surface area contributed by atoms with Crippen LogP contribution in [0.3, 0.4) is 0 Å². The van der Waals surface area contributed by atoms with E-state index < -0.39 is 0 Å². The first-order valence-electron chi connectivity index (χ1n) is 7.51. The Balaban J connectivity index is 1.69. The molecule has 0 aliphatic rings. The summed E-state index contributed by atoms with van der Waals surface area (Å²) in [6.07, 6.45) is 3.15. The van der Waals surface area contributed by atoms with Crippen molar-refractivity contribution in [2.45, 2.75) is 13.8 Å². The van der Waals surface area contributed by atoms with Crippen LogP contribution < -0.4 is 5.43 Å². The standard InChI is InChI=1S/C18H17N5O/c1-12-6-7-14(9-13(12)2)16-10-17(22-21-16)18(24)23-20-11-15-5-3-4-8-19-15/h3-11H,1-2H3,(H,21,22)(H,23,24)/b20-11-. The van der Waals surface area contributed by atoms with E-state index in [0.717, 1.165) is 11.3 Å². The molecule has 0 unspecified atom stereocenters. The van der Waals surface area contributed by atoms with Gasteiger partial charge in [-0.05, 0) is 49.2 Å². The Morgan fingerprint density at radius 3 is 2.79 bits per heavy atom. The smallest absolute Gasteiger partial charge is 0.272 e. The Bertz CT molecular complexity index is 883. The molecule has 0 saturated carbocycles. The van der Waals surface area contributed by atoms with E-state index in [1.807, 2.05) is 37.3 Å². The lowest BCUT2D eigenvalue weighted by Gasteiger charge is -2.01. The monoisotopic (exact) mass is 319 g/mol. The number of carbonyl (C=O) groups is 1. The first-order chi connectivity index (χ1) is 11.6. The van der Waals surface area contributed by atoms with E-state index >= 15 is 0 Å². The van der Waals surface area contributed by atoms with E-state index in [1.165, 1.54) is 17.3 Å². The summed E-state index contributed by atoms with van der Waals surface area (Å²) in [6, 6.07) is 13.2. The zero-order valence-electron chi connectivity index (χ0n) is 13.4. The van der Waals surface area contributed by atoms with E-state index in [4.69, 9.17) is 0 Å². The third kappa shape index (κ3) is 3.55. The fraction of sp³-hybridized carbons (Fsp3) is 0.111. The fourth-order valence-electron chi connectivity index (χ4n) is 2.16. The lowest BCUT2D eigenvalue weighted by atomic mass is 10.0. The SMILES string of the molecule is Cc1ccc(-c2cc(C(=O)N/N=C\c3ccccn3)[nH]n2)cc1C. The number of amides is 1. The van der Waals surface area contributed by atoms with Crippen molar-refractivity contribution in [3.63, 3.8) is 0 Å². The molecule has 1 amide bonds. The van der Waals surface area contributed by atoms with Gasteiger partial charge < -0.3 is 0 Å². The van der Waals surface area contributed by atoms with Gasteiger partial charge in [-0.3, -0.25) is 14.9 Å². The molecular formula is C18H17N5O. The molecular weight excluding hydrogens is 302 g/mol. The van der Waals surface area contributed by atoms with Gasteiger partial charge >= 0.3 is 0 Å². The Morgan fingerprint density at radius 2 is 2.04 bits per heavy atom. The Hall–Kier alpha value is -3.28. The zero-order chi connectivity index (χ0) is 16.9. The molecule has 0 aliphatic heterocycles. The number of hydrogen-bond acceptors (Lipinski definition) is 4. The molecule has 2 heterocycles. The first-order valence-corrected chi connectivity index (χ1v) is 7.51. The van der Waals surface area contributed by atoms with Crippen LogP contribution in [0.2, 0.25) is 0 Å². The molecule has 2 N–H and O–H groups in total. The van der Waals surface area contributed by atoms with Gasteiger partial charge in [-0.1, -0.05) is 18.2 Å². The van der Waals surface area contributed by atoms with Crippen LogP contribution in [0.1, 0.15) is 27.3 Å². The van der Waals surface area contributed by atoms with Gasteiger partial charge in [0.25, 0.3) is 5.91 Å². The molecule has 0 atom stereocenters. The average molecular weight is 319 g/mol. The summed E-state index contributed by atoms with van der Waals surface area (Å²) in [7, 11) is 0. The van der Waals surface area contributed by atoms with Crippen LogP contribution in [0.5, 0.6) is 0 Å². The molecule has 0 bridgehead atoms. The third-order valence-corrected chi connectivity index (χ3v) is 3.68. The van der Waals surface area contributed by atoms with Crippen molar-refractivity contribution in [2.75, 3.05) is 0 Å². The molecule has 1 aromatic carbocycles. The molecule has 0 radical (unpaired) electrons. The number of aryl methyl sites for hydroxylation is 2. The highest BCUT2D eigenvalue weighted by molar-refractivity contribution is 5.94. The number of H-pyrrole nitrogens is 1. The number of aromatic nitrogens is 3. The highest BCUT2D eigenvalue weighted by Crippen LogP contribution is 2.20. The molecule has 3 rings (SSSR count). The van der Waals surface area contributed by atoms with Gasteiger partial charge in [0.2, 0.25) is 0 Å². The molecule has 2 aromatic heterocycles. The van der Waals surface area contributed by atoms with E-state index in [1.54, 1.807) is 18.3 Å². The zero-order valence-corrected chi connectivity index (χ0v) is 13.4. The molecule has 24 heavy (non-hydrogen) atoms. The molecule has 0 aliphatic carbocycles. The summed E-state index contributed by atoms with van der Waals surface area (Å²) in [4.78, 5) is 16.2. The molecule has 120 valence electrons. The lowest BCUT2D eigenvalue weighted by Crippen LogP contribution is -2.18.